The Bertz CT molecular complexity index is 493. The fraction of sp³-hybridized carbons (Fsp3) is 0.714. The van der Waals surface area contributed by atoms with E-state index in [1.165, 1.54) is 25.2 Å². The van der Waals surface area contributed by atoms with Gasteiger partial charge in [0.2, 0.25) is 0 Å². The summed E-state index contributed by atoms with van der Waals surface area (Å²) in [6, 6.07) is 0.506. The second-order valence-electron chi connectivity index (χ2n) is 5.26. The molecule has 6 nitrogen and oxygen atoms in total. The molecule has 0 spiro atoms. The summed E-state index contributed by atoms with van der Waals surface area (Å²) in [4.78, 5) is 10.5. The van der Waals surface area contributed by atoms with Crippen LogP contribution in [0.2, 0.25) is 0 Å². The lowest BCUT2D eigenvalue weighted by Crippen LogP contribution is -2.44. The smallest absolute Gasteiger partial charge is 0.319 e. The van der Waals surface area contributed by atoms with Gasteiger partial charge in [0.15, 0.2) is 5.96 Å². The van der Waals surface area contributed by atoms with Gasteiger partial charge in [-0.25, -0.2) is 4.98 Å². The maximum Gasteiger partial charge on any atom is 0.319 e. The highest BCUT2D eigenvalue weighted by molar-refractivity contribution is 14.0. The van der Waals surface area contributed by atoms with Crippen molar-refractivity contribution in [2.24, 2.45) is 4.99 Å². The number of nitrogens with zero attached hydrogens (tertiary/aromatic N) is 4. The Morgan fingerprint density at radius 2 is 2.26 bits per heavy atom. The Balaban J connectivity index is 0.00000264. The number of aromatic nitrogens is 2. The lowest BCUT2D eigenvalue weighted by molar-refractivity contribution is 0.0668. The first-order chi connectivity index (χ1) is 10.7. The first-order valence-electron chi connectivity index (χ1n) is 7.64. The van der Waals surface area contributed by atoms with Gasteiger partial charge in [0.25, 0.3) is 0 Å². The molecule has 2 rings (SSSR count). The van der Waals surface area contributed by atoms with Crippen molar-refractivity contribution >= 4 is 29.9 Å². The van der Waals surface area contributed by atoms with Crippen LogP contribution in [0.4, 0.5) is 8.78 Å². The van der Waals surface area contributed by atoms with Gasteiger partial charge in [0.05, 0.1) is 6.54 Å². The molecule has 23 heavy (non-hydrogen) atoms. The highest BCUT2D eigenvalue weighted by atomic mass is 127. The molecule has 0 bridgehead atoms. The van der Waals surface area contributed by atoms with Crippen LogP contribution in [0.1, 0.15) is 32.1 Å². The van der Waals surface area contributed by atoms with Crippen molar-refractivity contribution in [2.45, 2.75) is 38.9 Å². The summed E-state index contributed by atoms with van der Waals surface area (Å²) in [5.74, 6) is 0.890. The van der Waals surface area contributed by atoms with Gasteiger partial charge in [-0.3, -0.25) is 14.5 Å². The number of alkyl halides is 2. The average Bonchev–Trinajstić information content (AvgIpc) is 3.15. The summed E-state index contributed by atoms with van der Waals surface area (Å²) in [7, 11) is 1.67. The monoisotopic (exact) mass is 442 g/mol. The zero-order valence-electron chi connectivity index (χ0n) is 13.5. The van der Waals surface area contributed by atoms with E-state index in [9.17, 15) is 8.78 Å². The van der Waals surface area contributed by atoms with E-state index in [0.717, 1.165) is 24.2 Å². The summed E-state index contributed by atoms with van der Waals surface area (Å²) < 4.78 is 26.3. The Morgan fingerprint density at radius 3 is 2.91 bits per heavy atom. The number of guanidine groups is 1. The summed E-state index contributed by atoms with van der Waals surface area (Å²) in [5, 5.41) is 6.29. The number of halogens is 3. The quantitative estimate of drug-likeness (QED) is 0.403. The molecule has 1 aliphatic heterocycles. The molecule has 1 aromatic heterocycles. The van der Waals surface area contributed by atoms with E-state index in [1.54, 1.807) is 7.05 Å². The third-order valence-electron chi connectivity index (χ3n) is 4.01. The van der Waals surface area contributed by atoms with E-state index < -0.39 is 6.55 Å². The number of likely N-dealkylation sites (N-methyl/N-ethyl adjacent to an activating group) is 1. The fourth-order valence-electron chi connectivity index (χ4n) is 2.80. The van der Waals surface area contributed by atoms with Crippen LogP contribution >= 0.6 is 24.0 Å². The number of likely N-dealkylation sites (tertiary alicyclic amines) is 1. The molecule has 1 atom stereocenters. The lowest BCUT2D eigenvalue weighted by atomic mass is 10.2. The maximum atomic E-state index is 12.7. The number of rotatable bonds is 6. The van der Waals surface area contributed by atoms with Gasteiger partial charge in [0.1, 0.15) is 5.82 Å². The van der Waals surface area contributed by atoms with Crippen LogP contribution in [0, 0.1) is 0 Å². The van der Waals surface area contributed by atoms with Gasteiger partial charge < -0.3 is 10.6 Å². The lowest BCUT2D eigenvalue weighted by Gasteiger charge is -2.23. The minimum Gasteiger partial charge on any atom is -0.355 e. The molecular formula is C14H25F2IN6. The largest absolute Gasteiger partial charge is 0.355 e. The van der Waals surface area contributed by atoms with E-state index in [0.29, 0.717) is 12.0 Å². The summed E-state index contributed by atoms with van der Waals surface area (Å²) in [6.45, 7) is 2.78. The molecule has 1 fully saturated rings. The minimum absolute atomic E-state index is 0. The summed E-state index contributed by atoms with van der Waals surface area (Å²) in [5.41, 5.74) is 0. The van der Waals surface area contributed by atoms with Gasteiger partial charge in [-0.1, -0.05) is 6.92 Å². The second-order valence-corrected chi connectivity index (χ2v) is 5.26. The van der Waals surface area contributed by atoms with Crippen molar-refractivity contribution in [3.8, 4) is 0 Å². The number of nitrogens with one attached hydrogen (secondary N) is 2. The second kappa shape index (κ2) is 10.0. The van der Waals surface area contributed by atoms with Gasteiger partial charge in [-0.05, 0) is 25.9 Å². The molecule has 2 N–H and O–H groups in total. The standard InChI is InChI=1S/C14H24F2N6.HI/c1-3-21-7-4-5-11(21)9-19-14(17-2)20-10-12-18-6-8-22(12)13(15)16;/h6,8,11,13H,3-5,7,9-10H2,1-2H3,(H2,17,19,20);1H. The fourth-order valence-corrected chi connectivity index (χ4v) is 2.80. The molecule has 0 amide bonds. The van der Waals surface area contributed by atoms with Crippen LogP contribution in [0.25, 0.3) is 0 Å². The number of hydrogen-bond donors (Lipinski definition) is 2. The Kier molecular flexibility index (Phi) is 8.74. The topological polar surface area (TPSA) is 57.5 Å². The predicted molar refractivity (Wildman–Crippen MR) is 97.4 cm³/mol. The van der Waals surface area contributed by atoms with E-state index in [4.69, 9.17) is 0 Å². The minimum atomic E-state index is -2.58. The van der Waals surface area contributed by atoms with Crippen LogP contribution in [0.3, 0.4) is 0 Å². The van der Waals surface area contributed by atoms with E-state index in [2.05, 4.69) is 32.4 Å². The highest BCUT2D eigenvalue weighted by Gasteiger charge is 2.22. The number of aliphatic imine (C=N–C) groups is 1. The van der Waals surface area contributed by atoms with Crippen molar-refractivity contribution in [1.29, 1.82) is 0 Å². The van der Waals surface area contributed by atoms with Crippen LogP contribution in [-0.2, 0) is 6.54 Å². The van der Waals surface area contributed by atoms with E-state index >= 15 is 0 Å². The van der Waals surface area contributed by atoms with Crippen molar-refractivity contribution in [2.75, 3.05) is 26.7 Å². The average molecular weight is 442 g/mol. The van der Waals surface area contributed by atoms with Crippen molar-refractivity contribution < 1.29 is 8.78 Å². The third-order valence-corrected chi connectivity index (χ3v) is 4.01. The SMILES string of the molecule is CCN1CCCC1CNC(=NC)NCc1nccn1C(F)F.I. The first-order valence-corrected chi connectivity index (χ1v) is 7.64. The van der Waals surface area contributed by atoms with Gasteiger partial charge in [0, 0.05) is 32.0 Å². The zero-order valence-corrected chi connectivity index (χ0v) is 15.8. The Morgan fingerprint density at radius 1 is 1.48 bits per heavy atom. The van der Waals surface area contributed by atoms with Gasteiger partial charge in [-0.15, -0.1) is 24.0 Å². The summed E-state index contributed by atoms with van der Waals surface area (Å²) >= 11 is 0. The predicted octanol–water partition coefficient (Wildman–Crippen LogP) is 2.05. The molecule has 1 aromatic rings. The Labute approximate surface area is 152 Å². The van der Waals surface area contributed by atoms with Crippen molar-refractivity contribution in [1.82, 2.24) is 25.1 Å². The van der Waals surface area contributed by atoms with Gasteiger partial charge in [-0.2, -0.15) is 8.78 Å². The molecule has 2 heterocycles. The first kappa shape index (κ1) is 20.1. The third kappa shape index (κ3) is 5.55. The van der Waals surface area contributed by atoms with Crippen LogP contribution in [0.15, 0.2) is 17.4 Å². The Hall–Kier alpha value is -0.970. The maximum absolute atomic E-state index is 12.7. The van der Waals surface area contributed by atoms with Crippen LogP contribution in [0.5, 0.6) is 0 Å². The number of imidazole rings is 1. The van der Waals surface area contributed by atoms with Gasteiger partial charge >= 0.3 is 6.55 Å². The zero-order chi connectivity index (χ0) is 15.9. The van der Waals surface area contributed by atoms with Crippen molar-refractivity contribution in [3.05, 3.63) is 18.2 Å². The normalized spacial score (nSPS) is 19.0. The molecular weight excluding hydrogens is 417 g/mol. The molecule has 1 saturated heterocycles. The van der Waals surface area contributed by atoms with Crippen molar-refractivity contribution in [3.63, 3.8) is 0 Å². The van der Waals surface area contributed by atoms with E-state index in [-0.39, 0.29) is 36.3 Å². The van der Waals surface area contributed by atoms with Crippen LogP contribution in [-0.4, -0.2) is 53.1 Å². The van der Waals surface area contributed by atoms with Crippen LogP contribution < -0.4 is 10.6 Å². The molecule has 1 aliphatic rings. The molecule has 1 unspecified atom stereocenters. The molecule has 0 aliphatic carbocycles. The molecule has 0 radical (unpaired) electrons. The molecule has 0 aromatic carbocycles. The molecule has 0 saturated carbocycles. The number of hydrogen-bond acceptors (Lipinski definition) is 3. The summed E-state index contributed by atoms with van der Waals surface area (Å²) in [6.07, 6.45) is 5.04. The molecule has 9 heteroatoms. The van der Waals surface area contributed by atoms with E-state index in [1.807, 2.05) is 0 Å². The highest BCUT2D eigenvalue weighted by Crippen LogP contribution is 2.15. The molecule has 132 valence electrons.